The molecule has 0 aromatic heterocycles. The van der Waals surface area contributed by atoms with Gasteiger partial charge in [-0.05, 0) is 110 Å². The molecule has 0 radical (unpaired) electrons. The molecule has 7 aromatic carbocycles. The van der Waals surface area contributed by atoms with Gasteiger partial charge in [0.1, 0.15) is 0 Å². The van der Waals surface area contributed by atoms with Crippen molar-refractivity contribution in [2.75, 3.05) is 4.90 Å². The second kappa shape index (κ2) is 13.4. The first-order valence-corrected chi connectivity index (χ1v) is 18.2. The molecule has 52 heavy (non-hydrogen) atoms. The van der Waals surface area contributed by atoms with Crippen LogP contribution < -0.4 is 4.90 Å². The highest BCUT2D eigenvalue weighted by Gasteiger charge is 2.47. The van der Waals surface area contributed by atoms with Gasteiger partial charge in [-0.25, -0.2) is 0 Å². The Morgan fingerprint density at radius 1 is 0.538 bits per heavy atom. The van der Waals surface area contributed by atoms with Gasteiger partial charge in [0.25, 0.3) is 0 Å². The number of hydrogen-bond donors (Lipinski definition) is 0. The molecule has 0 bridgehead atoms. The third-order valence-electron chi connectivity index (χ3n) is 10.7. The molecule has 1 atom stereocenters. The molecule has 1 unspecified atom stereocenters. The molecule has 2 aliphatic rings. The van der Waals surface area contributed by atoms with E-state index in [4.69, 9.17) is 0 Å². The first-order valence-electron chi connectivity index (χ1n) is 18.2. The second-order valence-corrected chi connectivity index (χ2v) is 13.6. The van der Waals surface area contributed by atoms with Crippen molar-refractivity contribution < 1.29 is 0 Å². The van der Waals surface area contributed by atoms with Crippen LogP contribution in [0.1, 0.15) is 35.1 Å². The van der Waals surface area contributed by atoms with Crippen molar-refractivity contribution in [2.45, 2.75) is 18.3 Å². The fraction of sp³-hybridized carbons (Fsp3) is 0.0588. The Labute approximate surface area is 306 Å². The fourth-order valence-corrected chi connectivity index (χ4v) is 8.40. The Hall–Kier alpha value is -6.44. The van der Waals surface area contributed by atoms with Gasteiger partial charge in [0.15, 0.2) is 0 Å². The van der Waals surface area contributed by atoms with E-state index in [0.717, 1.165) is 35.5 Å². The van der Waals surface area contributed by atoms with Gasteiger partial charge < -0.3 is 4.90 Å². The van der Waals surface area contributed by atoms with Crippen molar-refractivity contribution >= 4 is 44.7 Å². The van der Waals surface area contributed by atoms with E-state index in [1.54, 1.807) is 6.08 Å². The standard InChI is InChI=1S/C51H39N/c1-2-3-4-7-16-37-25-30-42(31-26-37)52(43-32-29-39-28-27-38-17-12-13-22-45(38)48(39)35-43)44-33-34-47-46-23-14-15-24-49(46)51(50(47)36-44,40-18-8-5-9-19-40)41-20-10-6-11-21-41/h2-5,7-10,12-36H,1,6,11H2/b4-3-,16-7+. The maximum atomic E-state index is 3.78. The largest absolute Gasteiger partial charge is 0.310 e. The van der Waals surface area contributed by atoms with Crippen LogP contribution in [0.15, 0.2) is 206 Å². The van der Waals surface area contributed by atoms with Crippen LogP contribution in [0, 0.1) is 0 Å². The number of benzene rings is 7. The number of hydrogen-bond acceptors (Lipinski definition) is 1. The van der Waals surface area contributed by atoms with Gasteiger partial charge in [-0.1, -0.05) is 170 Å². The molecule has 0 saturated carbocycles. The summed E-state index contributed by atoms with van der Waals surface area (Å²) in [5.74, 6) is 0. The normalized spacial score (nSPS) is 16.3. The molecule has 9 rings (SSSR count). The molecule has 0 amide bonds. The van der Waals surface area contributed by atoms with Crippen molar-refractivity contribution in [1.29, 1.82) is 0 Å². The highest BCUT2D eigenvalue weighted by atomic mass is 15.1. The Kier molecular flexibility index (Phi) is 8.10. The molecular formula is C51H39N. The predicted molar refractivity (Wildman–Crippen MR) is 223 cm³/mol. The molecule has 0 aliphatic heterocycles. The van der Waals surface area contributed by atoms with E-state index < -0.39 is 5.41 Å². The summed E-state index contributed by atoms with van der Waals surface area (Å²) in [4.78, 5) is 2.43. The van der Waals surface area contributed by atoms with Crippen LogP contribution in [-0.2, 0) is 5.41 Å². The number of nitrogens with zero attached hydrogens (tertiary/aromatic N) is 1. The topological polar surface area (TPSA) is 3.24 Å². The van der Waals surface area contributed by atoms with Crippen molar-refractivity contribution in [3.8, 4) is 11.1 Å². The average Bonchev–Trinajstić information content (AvgIpc) is 3.51. The minimum Gasteiger partial charge on any atom is -0.310 e. The van der Waals surface area contributed by atoms with Crippen LogP contribution in [0.2, 0.25) is 0 Å². The van der Waals surface area contributed by atoms with Crippen LogP contribution in [0.25, 0.3) is 38.7 Å². The van der Waals surface area contributed by atoms with E-state index in [9.17, 15) is 0 Å². The zero-order valence-corrected chi connectivity index (χ0v) is 29.1. The predicted octanol–water partition coefficient (Wildman–Crippen LogP) is 13.8. The molecule has 1 heteroatoms. The van der Waals surface area contributed by atoms with Crippen LogP contribution in [0.5, 0.6) is 0 Å². The maximum Gasteiger partial charge on any atom is 0.0711 e. The Balaban J connectivity index is 1.28. The van der Waals surface area contributed by atoms with Gasteiger partial charge in [-0.2, -0.15) is 0 Å². The minimum atomic E-state index is -0.432. The lowest BCUT2D eigenvalue weighted by Crippen LogP contribution is -2.29. The van der Waals surface area contributed by atoms with E-state index in [2.05, 4.69) is 194 Å². The summed E-state index contributed by atoms with van der Waals surface area (Å²) in [5, 5.41) is 4.99. The van der Waals surface area contributed by atoms with E-state index in [1.165, 1.54) is 54.9 Å². The van der Waals surface area contributed by atoms with Crippen molar-refractivity contribution in [1.82, 2.24) is 0 Å². The molecule has 1 nitrogen and oxygen atoms in total. The van der Waals surface area contributed by atoms with Crippen LogP contribution in [0.4, 0.5) is 17.1 Å². The maximum absolute atomic E-state index is 3.78. The lowest BCUT2D eigenvalue weighted by molar-refractivity contribution is 0.751. The number of allylic oxidation sites excluding steroid dienone is 8. The summed E-state index contributed by atoms with van der Waals surface area (Å²) in [6.45, 7) is 3.78. The molecule has 2 aliphatic carbocycles. The molecule has 0 spiro atoms. The summed E-state index contributed by atoms with van der Waals surface area (Å²) in [7, 11) is 0. The summed E-state index contributed by atoms with van der Waals surface area (Å²) >= 11 is 0. The smallest absolute Gasteiger partial charge is 0.0711 e. The SMILES string of the molecule is C=C/C=C\C=C\c1ccc(N(c2ccc3c(c2)C(C2=CCCC=C2)(c2ccccc2)c2ccccc2-3)c2ccc3ccc4ccccc4c3c2)cc1. The first kappa shape index (κ1) is 31.5. The lowest BCUT2D eigenvalue weighted by Gasteiger charge is -2.36. The van der Waals surface area contributed by atoms with E-state index >= 15 is 0 Å². The zero-order chi connectivity index (χ0) is 34.9. The lowest BCUT2D eigenvalue weighted by atomic mass is 9.66. The van der Waals surface area contributed by atoms with Crippen LogP contribution in [0.3, 0.4) is 0 Å². The van der Waals surface area contributed by atoms with Crippen LogP contribution >= 0.6 is 0 Å². The first-order chi connectivity index (χ1) is 25.8. The van der Waals surface area contributed by atoms with Gasteiger partial charge in [0.2, 0.25) is 0 Å². The van der Waals surface area contributed by atoms with Crippen molar-refractivity contribution in [3.63, 3.8) is 0 Å². The van der Waals surface area contributed by atoms with Gasteiger partial charge in [-0.3, -0.25) is 0 Å². The summed E-state index contributed by atoms with van der Waals surface area (Å²) in [6, 6.07) is 56.2. The van der Waals surface area contributed by atoms with Gasteiger partial charge in [0, 0.05) is 17.1 Å². The van der Waals surface area contributed by atoms with E-state index in [1.807, 2.05) is 12.2 Å². The van der Waals surface area contributed by atoms with Gasteiger partial charge in [-0.15, -0.1) is 0 Å². The number of fused-ring (bicyclic) bond motifs is 6. The average molecular weight is 666 g/mol. The highest BCUT2D eigenvalue weighted by molar-refractivity contribution is 6.09. The second-order valence-electron chi connectivity index (χ2n) is 13.6. The highest BCUT2D eigenvalue weighted by Crippen LogP contribution is 2.58. The Bertz CT molecular complexity index is 2580. The van der Waals surface area contributed by atoms with Crippen LogP contribution in [-0.4, -0.2) is 0 Å². The van der Waals surface area contributed by atoms with Gasteiger partial charge >= 0.3 is 0 Å². The van der Waals surface area contributed by atoms with E-state index in [0.29, 0.717) is 0 Å². The summed E-state index contributed by atoms with van der Waals surface area (Å²) in [5.41, 5.74) is 12.0. The van der Waals surface area contributed by atoms with E-state index in [-0.39, 0.29) is 0 Å². The van der Waals surface area contributed by atoms with Gasteiger partial charge in [0.05, 0.1) is 5.41 Å². The third kappa shape index (κ3) is 5.25. The summed E-state index contributed by atoms with van der Waals surface area (Å²) < 4.78 is 0. The zero-order valence-electron chi connectivity index (χ0n) is 29.1. The molecule has 0 fully saturated rings. The van der Waals surface area contributed by atoms with Crippen molar-refractivity contribution in [3.05, 3.63) is 229 Å². The molecule has 0 heterocycles. The quantitative estimate of drug-likeness (QED) is 0.115. The number of rotatable bonds is 8. The molecule has 0 N–H and O–H groups in total. The van der Waals surface area contributed by atoms with Crippen molar-refractivity contribution in [2.24, 2.45) is 0 Å². The molecule has 0 saturated heterocycles. The Morgan fingerprint density at radius 2 is 1.23 bits per heavy atom. The third-order valence-corrected chi connectivity index (χ3v) is 10.7. The summed E-state index contributed by atoms with van der Waals surface area (Å²) in [6.07, 6.45) is 19.2. The fourth-order valence-electron chi connectivity index (χ4n) is 8.40. The molecule has 248 valence electrons. The molecule has 7 aromatic rings. The Morgan fingerprint density at radius 3 is 2.06 bits per heavy atom. The minimum absolute atomic E-state index is 0.432. The molecular weight excluding hydrogens is 627 g/mol. The number of anilines is 3. The monoisotopic (exact) mass is 665 g/mol.